The molecule has 0 spiro atoms. The number of nitrogens with one attached hydrogen (secondary N) is 1. The second kappa shape index (κ2) is 6.95. The number of hydrogen-bond acceptors (Lipinski definition) is 3. The summed E-state index contributed by atoms with van der Waals surface area (Å²) in [4.78, 5) is 4.97. The number of para-hydroxylation sites is 1. The Morgan fingerprint density at radius 1 is 1.04 bits per heavy atom. The molecule has 0 aliphatic heterocycles. The van der Waals surface area contributed by atoms with Crippen LogP contribution < -0.4 is 11.1 Å². The number of rotatable bonds is 4. The van der Waals surface area contributed by atoms with Gasteiger partial charge < -0.3 is 11.1 Å². The van der Waals surface area contributed by atoms with Crippen LogP contribution >= 0.6 is 0 Å². The van der Waals surface area contributed by atoms with E-state index < -0.39 is 0 Å². The summed E-state index contributed by atoms with van der Waals surface area (Å²) in [6.45, 7) is 11.3. The van der Waals surface area contributed by atoms with Gasteiger partial charge in [0.25, 0.3) is 0 Å². The van der Waals surface area contributed by atoms with Crippen LogP contribution in [-0.2, 0) is 0 Å². The van der Waals surface area contributed by atoms with Crippen molar-refractivity contribution >= 4 is 27.6 Å². The van der Waals surface area contributed by atoms with E-state index in [1.165, 1.54) is 33.3 Å². The number of pyridine rings is 1. The van der Waals surface area contributed by atoms with Crippen molar-refractivity contribution in [3.63, 3.8) is 0 Å². The Bertz CT molecular complexity index is 1160. The van der Waals surface area contributed by atoms with E-state index in [0.717, 1.165) is 29.0 Å². The van der Waals surface area contributed by atoms with E-state index in [2.05, 4.69) is 73.1 Å². The molecular weight excluding hydrogens is 344 g/mol. The molecule has 4 rings (SSSR count). The van der Waals surface area contributed by atoms with E-state index in [4.69, 9.17) is 10.7 Å². The molecule has 0 bridgehead atoms. The standard InChI is InChI=1S/C24H28N4/c1-14-10-15(2)23(16(3)11-14)28-21-9-7-6-8-19(21)22-20(26-13-17(4)25)12-18(5)27-24(22)28/h6-12,17H,13,25H2,1-5H3,(H,26,27). The minimum absolute atomic E-state index is 0.0819. The first-order valence-electron chi connectivity index (χ1n) is 9.85. The van der Waals surface area contributed by atoms with E-state index in [0.29, 0.717) is 0 Å². The lowest BCUT2D eigenvalue weighted by Gasteiger charge is -2.16. The summed E-state index contributed by atoms with van der Waals surface area (Å²) in [5.74, 6) is 0. The fourth-order valence-electron chi connectivity index (χ4n) is 4.24. The average Bonchev–Trinajstić information content (AvgIpc) is 2.93. The van der Waals surface area contributed by atoms with Crippen LogP contribution in [0.4, 0.5) is 5.69 Å². The fourth-order valence-corrected chi connectivity index (χ4v) is 4.24. The predicted molar refractivity (Wildman–Crippen MR) is 120 cm³/mol. The van der Waals surface area contributed by atoms with Crippen molar-refractivity contribution in [2.75, 3.05) is 11.9 Å². The average molecular weight is 373 g/mol. The van der Waals surface area contributed by atoms with Crippen molar-refractivity contribution in [3.8, 4) is 5.69 Å². The maximum absolute atomic E-state index is 6.00. The molecule has 4 aromatic rings. The molecule has 4 heteroatoms. The van der Waals surface area contributed by atoms with Crippen LogP contribution in [0.15, 0.2) is 42.5 Å². The Morgan fingerprint density at radius 2 is 1.71 bits per heavy atom. The molecule has 2 heterocycles. The van der Waals surface area contributed by atoms with E-state index in [-0.39, 0.29) is 6.04 Å². The highest BCUT2D eigenvalue weighted by Crippen LogP contribution is 2.37. The summed E-state index contributed by atoms with van der Waals surface area (Å²) >= 11 is 0. The first kappa shape index (κ1) is 18.5. The van der Waals surface area contributed by atoms with Gasteiger partial charge in [0.15, 0.2) is 0 Å². The third-order valence-electron chi connectivity index (χ3n) is 5.23. The summed E-state index contributed by atoms with van der Waals surface area (Å²) in [6.07, 6.45) is 0. The molecule has 1 atom stereocenters. The molecule has 4 nitrogen and oxygen atoms in total. The van der Waals surface area contributed by atoms with Gasteiger partial charge in [-0.3, -0.25) is 4.57 Å². The maximum atomic E-state index is 6.00. The highest BCUT2D eigenvalue weighted by atomic mass is 15.1. The number of nitrogens with zero attached hydrogens (tertiary/aromatic N) is 2. The molecule has 0 fully saturated rings. The highest BCUT2D eigenvalue weighted by Gasteiger charge is 2.19. The van der Waals surface area contributed by atoms with Crippen LogP contribution in [0.5, 0.6) is 0 Å². The van der Waals surface area contributed by atoms with Gasteiger partial charge in [-0.2, -0.15) is 0 Å². The summed E-state index contributed by atoms with van der Waals surface area (Å²) in [5.41, 5.74) is 15.3. The molecule has 2 aromatic heterocycles. The van der Waals surface area contributed by atoms with Gasteiger partial charge in [0, 0.05) is 29.4 Å². The molecule has 0 aliphatic rings. The molecule has 0 saturated heterocycles. The number of hydrogen-bond donors (Lipinski definition) is 2. The topological polar surface area (TPSA) is 55.9 Å². The molecule has 3 N–H and O–H groups in total. The van der Waals surface area contributed by atoms with Crippen molar-refractivity contribution < 1.29 is 0 Å². The zero-order chi connectivity index (χ0) is 20.0. The molecule has 1 unspecified atom stereocenters. The van der Waals surface area contributed by atoms with Crippen LogP contribution in [-0.4, -0.2) is 22.1 Å². The molecule has 0 aliphatic carbocycles. The molecule has 28 heavy (non-hydrogen) atoms. The van der Waals surface area contributed by atoms with Crippen LogP contribution in [0.3, 0.4) is 0 Å². The monoisotopic (exact) mass is 372 g/mol. The molecule has 0 amide bonds. The van der Waals surface area contributed by atoms with Crippen LogP contribution in [0.2, 0.25) is 0 Å². The summed E-state index contributed by atoms with van der Waals surface area (Å²) < 4.78 is 2.32. The SMILES string of the molecule is Cc1cc(C)c(-n2c3ccccc3c3c(NCC(C)N)cc(C)nc32)c(C)c1. The molecule has 144 valence electrons. The number of nitrogens with two attached hydrogens (primary N) is 1. The van der Waals surface area contributed by atoms with E-state index in [1.54, 1.807) is 0 Å². The quantitative estimate of drug-likeness (QED) is 0.519. The second-order valence-corrected chi connectivity index (χ2v) is 7.97. The first-order valence-corrected chi connectivity index (χ1v) is 9.85. The Labute approximate surface area is 166 Å². The fraction of sp³-hybridized carbons (Fsp3) is 0.292. The minimum atomic E-state index is 0.0819. The zero-order valence-corrected chi connectivity index (χ0v) is 17.3. The molecule has 0 radical (unpaired) electrons. The Kier molecular flexibility index (Phi) is 4.60. The molecule has 0 saturated carbocycles. The Balaban J connectivity index is 2.12. The number of aromatic nitrogens is 2. The lowest BCUT2D eigenvalue weighted by atomic mass is 10.0. The van der Waals surface area contributed by atoms with Gasteiger partial charge in [-0.1, -0.05) is 35.9 Å². The molecule has 2 aromatic carbocycles. The minimum Gasteiger partial charge on any atom is -0.383 e. The lowest BCUT2D eigenvalue weighted by molar-refractivity contribution is 0.780. The predicted octanol–water partition coefficient (Wildman–Crippen LogP) is 5.17. The van der Waals surface area contributed by atoms with E-state index >= 15 is 0 Å². The number of aryl methyl sites for hydroxylation is 4. The van der Waals surface area contributed by atoms with Crippen molar-refractivity contribution in [3.05, 3.63) is 64.8 Å². The van der Waals surface area contributed by atoms with Gasteiger partial charge in [-0.05, 0) is 57.9 Å². The van der Waals surface area contributed by atoms with Crippen LogP contribution in [0.1, 0.15) is 29.3 Å². The van der Waals surface area contributed by atoms with Crippen molar-refractivity contribution in [1.29, 1.82) is 0 Å². The Hall–Kier alpha value is -2.85. The lowest BCUT2D eigenvalue weighted by Crippen LogP contribution is -2.25. The van der Waals surface area contributed by atoms with Gasteiger partial charge >= 0.3 is 0 Å². The third-order valence-corrected chi connectivity index (χ3v) is 5.23. The van der Waals surface area contributed by atoms with Crippen LogP contribution in [0, 0.1) is 27.7 Å². The van der Waals surface area contributed by atoms with Gasteiger partial charge in [0.05, 0.1) is 16.6 Å². The van der Waals surface area contributed by atoms with Crippen molar-refractivity contribution in [2.24, 2.45) is 5.73 Å². The van der Waals surface area contributed by atoms with Gasteiger partial charge in [0.1, 0.15) is 5.65 Å². The second-order valence-electron chi connectivity index (χ2n) is 7.97. The summed E-state index contributed by atoms with van der Waals surface area (Å²) in [6, 6.07) is 15.2. The van der Waals surface area contributed by atoms with Gasteiger partial charge in [-0.15, -0.1) is 0 Å². The smallest absolute Gasteiger partial charge is 0.147 e. The van der Waals surface area contributed by atoms with Gasteiger partial charge in [0.2, 0.25) is 0 Å². The maximum Gasteiger partial charge on any atom is 0.147 e. The highest BCUT2D eigenvalue weighted by molar-refractivity contribution is 6.13. The summed E-state index contributed by atoms with van der Waals surface area (Å²) in [7, 11) is 0. The Morgan fingerprint density at radius 3 is 2.39 bits per heavy atom. The number of fused-ring (bicyclic) bond motifs is 3. The van der Waals surface area contributed by atoms with Crippen LogP contribution in [0.25, 0.3) is 27.6 Å². The van der Waals surface area contributed by atoms with Crippen molar-refractivity contribution in [2.45, 2.75) is 40.7 Å². The summed E-state index contributed by atoms with van der Waals surface area (Å²) in [5, 5.41) is 5.90. The number of anilines is 1. The zero-order valence-electron chi connectivity index (χ0n) is 17.3. The van der Waals surface area contributed by atoms with Gasteiger partial charge in [-0.25, -0.2) is 4.98 Å². The van der Waals surface area contributed by atoms with Crippen molar-refractivity contribution in [1.82, 2.24) is 9.55 Å². The third kappa shape index (κ3) is 3.04. The normalized spacial score (nSPS) is 12.6. The first-order chi connectivity index (χ1) is 13.4. The van der Waals surface area contributed by atoms with E-state index in [1.807, 2.05) is 13.8 Å². The van der Waals surface area contributed by atoms with E-state index in [9.17, 15) is 0 Å². The molecular formula is C24H28N4. The largest absolute Gasteiger partial charge is 0.383 e. The number of benzene rings is 2.